The van der Waals surface area contributed by atoms with Crippen LogP contribution in [0.15, 0.2) is 6.07 Å². The van der Waals surface area contributed by atoms with E-state index in [2.05, 4.69) is 38.9 Å². The maximum atomic E-state index is 10.6. The van der Waals surface area contributed by atoms with E-state index in [4.69, 9.17) is 0 Å². The third kappa shape index (κ3) is 4.09. The van der Waals surface area contributed by atoms with E-state index in [0.717, 1.165) is 24.6 Å². The van der Waals surface area contributed by atoms with Crippen LogP contribution in [0.4, 0.5) is 0 Å². The number of nitrogens with zero attached hydrogens (tertiary/aromatic N) is 2. The van der Waals surface area contributed by atoms with Gasteiger partial charge in [-0.25, -0.2) is 0 Å². The Labute approximate surface area is 129 Å². The minimum Gasteiger partial charge on any atom is -0.392 e. The van der Waals surface area contributed by atoms with E-state index in [0.29, 0.717) is 11.3 Å². The van der Waals surface area contributed by atoms with Crippen LogP contribution in [0.5, 0.6) is 0 Å². The molecule has 1 aliphatic rings. The summed E-state index contributed by atoms with van der Waals surface area (Å²) in [6, 6.07) is 2.12. The van der Waals surface area contributed by atoms with Gasteiger partial charge in [-0.2, -0.15) is 5.10 Å². The molecule has 0 bridgehead atoms. The molecule has 3 nitrogen and oxygen atoms in total. The Bertz CT molecular complexity index is 450. The minimum atomic E-state index is -0.215. The van der Waals surface area contributed by atoms with Crippen LogP contribution in [0.3, 0.4) is 0 Å². The zero-order valence-electron chi connectivity index (χ0n) is 14.4. The number of aryl methyl sites for hydroxylation is 2. The Kier molecular flexibility index (Phi) is 5.13. The van der Waals surface area contributed by atoms with Gasteiger partial charge in [-0.05, 0) is 62.8 Å². The fourth-order valence-electron chi connectivity index (χ4n) is 3.79. The molecular formula is C18H32N2O. The monoisotopic (exact) mass is 292 g/mol. The zero-order chi connectivity index (χ0) is 15.6. The van der Waals surface area contributed by atoms with Gasteiger partial charge in [0.2, 0.25) is 0 Å². The largest absolute Gasteiger partial charge is 0.392 e. The highest BCUT2D eigenvalue weighted by atomic mass is 16.3. The molecule has 1 unspecified atom stereocenters. The third-order valence-electron chi connectivity index (χ3n) is 5.24. The lowest BCUT2D eigenvalue weighted by Gasteiger charge is -2.38. The van der Waals surface area contributed by atoms with Gasteiger partial charge in [0, 0.05) is 18.7 Å². The summed E-state index contributed by atoms with van der Waals surface area (Å²) in [6.45, 7) is 12.0. The second kappa shape index (κ2) is 6.51. The smallest absolute Gasteiger partial charge is 0.0623 e. The number of aliphatic hydroxyl groups excluding tert-OH is 1. The lowest BCUT2D eigenvalue weighted by Crippen LogP contribution is -2.32. The molecule has 2 rings (SSSR count). The van der Waals surface area contributed by atoms with E-state index < -0.39 is 0 Å². The SMILES string of the molecule is CCn1nc(C)cc1CC(O)C1CCC(C(C)(C)C)CC1. The van der Waals surface area contributed by atoms with Crippen molar-refractivity contribution in [2.45, 2.75) is 79.4 Å². The second-order valence-electron chi connectivity index (χ2n) is 7.84. The Morgan fingerprint density at radius 1 is 1.29 bits per heavy atom. The molecule has 120 valence electrons. The van der Waals surface area contributed by atoms with Gasteiger partial charge in [-0.3, -0.25) is 4.68 Å². The second-order valence-corrected chi connectivity index (χ2v) is 7.84. The molecule has 1 heterocycles. The van der Waals surface area contributed by atoms with Crippen molar-refractivity contribution in [3.63, 3.8) is 0 Å². The summed E-state index contributed by atoms with van der Waals surface area (Å²) in [5.41, 5.74) is 2.64. The molecule has 0 aliphatic heterocycles. The Hall–Kier alpha value is -0.830. The molecule has 0 aromatic carbocycles. The van der Waals surface area contributed by atoms with E-state index >= 15 is 0 Å². The summed E-state index contributed by atoms with van der Waals surface area (Å²) in [5, 5.41) is 15.1. The van der Waals surface area contributed by atoms with Crippen molar-refractivity contribution in [3.8, 4) is 0 Å². The molecule has 0 amide bonds. The molecule has 1 fully saturated rings. The first-order valence-corrected chi connectivity index (χ1v) is 8.52. The van der Waals surface area contributed by atoms with Gasteiger partial charge in [0.1, 0.15) is 0 Å². The molecule has 0 spiro atoms. The average molecular weight is 292 g/mol. The van der Waals surface area contributed by atoms with Gasteiger partial charge < -0.3 is 5.11 Å². The zero-order valence-corrected chi connectivity index (χ0v) is 14.4. The van der Waals surface area contributed by atoms with Crippen molar-refractivity contribution in [1.82, 2.24) is 9.78 Å². The minimum absolute atomic E-state index is 0.215. The summed E-state index contributed by atoms with van der Waals surface area (Å²) in [5.74, 6) is 1.27. The van der Waals surface area contributed by atoms with E-state index in [-0.39, 0.29) is 6.10 Å². The number of aliphatic hydroxyl groups is 1. The summed E-state index contributed by atoms with van der Waals surface area (Å²) in [7, 11) is 0. The van der Waals surface area contributed by atoms with Gasteiger partial charge in [0.05, 0.1) is 11.8 Å². The average Bonchev–Trinajstić information content (AvgIpc) is 2.78. The number of rotatable bonds is 4. The van der Waals surface area contributed by atoms with Crippen molar-refractivity contribution in [2.24, 2.45) is 17.3 Å². The molecular weight excluding hydrogens is 260 g/mol. The molecule has 1 aliphatic carbocycles. The van der Waals surface area contributed by atoms with Crippen molar-refractivity contribution in [2.75, 3.05) is 0 Å². The fraction of sp³-hybridized carbons (Fsp3) is 0.833. The van der Waals surface area contributed by atoms with Crippen molar-refractivity contribution in [3.05, 3.63) is 17.5 Å². The highest BCUT2D eigenvalue weighted by molar-refractivity contribution is 5.10. The van der Waals surface area contributed by atoms with Crippen molar-refractivity contribution in [1.29, 1.82) is 0 Å². The molecule has 1 saturated carbocycles. The number of hydrogen-bond donors (Lipinski definition) is 1. The number of hydrogen-bond acceptors (Lipinski definition) is 2. The summed E-state index contributed by atoms with van der Waals surface area (Å²) < 4.78 is 2.03. The Morgan fingerprint density at radius 3 is 2.43 bits per heavy atom. The van der Waals surface area contributed by atoms with Gasteiger partial charge in [0.25, 0.3) is 0 Å². The van der Waals surface area contributed by atoms with Crippen molar-refractivity contribution < 1.29 is 5.11 Å². The highest BCUT2D eigenvalue weighted by Crippen LogP contribution is 2.41. The van der Waals surface area contributed by atoms with E-state index in [1.165, 1.54) is 31.4 Å². The van der Waals surface area contributed by atoms with Gasteiger partial charge in [-0.1, -0.05) is 20.8 Å². The highest BCUT2D eigenvalue weighted by Gasteiger charge is 2.32. The first-order valence-electron chi connectivity index (χ1n) is 8.52. The maximum absolute atomic E-state index is 10.6. The maximum Gasteiger partial charge on any atom is 0.0623 e. The standard InChI is InChI=1S/C18H32N2O/c1-6-20-16(11-13(2)19-20)12-17(21)14-7-9-15(10-8-14)18(3,4)5/h11,14-15,17,21H,6-10,12H2,1-5H3. The normalized spacial score (nSPS) is 25.0. The molecule has 0 saturated heterocycles. The first-order chi connectivity index (χ1) is 9.81. The van der Waals surface area contributed by atoms with Crippen LogP contribution >= 0.6 is 0 Å². The molecule has 21 heavy (non-hydrogen) atoms. The van der Waals surface area contributed by atoms with E-state index in [1.807, 2.05) is 11.6 Å². The fourth-order valence-corrected chi connectivity index (χ4v) is 3.79. The van der Waals surface area contributed by atoms with E-state index in [9.17, 15) is 5.11 Å². The predicted octanol–water partition coefficient (Wildman–Crippen LogP) is 3.97. The van der Waals surface area contributed by atoms with Gasteiger partial charge in [0.15, 0.2) is 0 Å². The van der Waals surface area contributed by atoms with Crippen molar-refractivity contribution >= 4 is 0 Å². The molecule has 1 aromatic heterocycles. The molecule has 1 aromatic rings. The lowest BCUT2D eigenvalue weighted by atomic mass is 9.68. The summed E-state index contributed by atoms with van der Waals surface area (Å²) in [4.78, 5) is 0. The third-order valence-corrected chi connectivity index (χ3v) is 5.24. The molecule has 0 radical (unpaired) electrons. The van der Waals surface area contributed by atoms with Gasteiger partial charge in [-0.15, -0.1) is 0 Å². The van der Waals surface area contributed by atoms with Crippen LogP contribution < -0.4 is 0 Å². The summed E-state index contributed by atoms with van der Waals surface area (Å²) >= 11 is 0. The predicted molar refractivity (Wildman–Crippen MR) is 87.3 cm³/mol. The molecule has 1 N–H and O–H groups in total. The first kappa shape index (κ1) is 16.5. The summed E-state index contributed by atoms with van der Waals surface area (Å²) in [6.07, 6.45) is 5.39. The Morgan fingerprint density at radius 2 is 1.90 bits per heavy atom. The lowest BCUT2D eigenvalue weighted by molar-refractivity contribution is 0.0525. The van der Waals surface area contributed by atoms with E-state index in [1.54, 1.807) is 0 Å². The van der Waals surface area contributed by atoms with Crippen LogP contribution in [0.2, 0.25) is 0 Å². The van der Waals surface area contributed by atoms with Crippen LogP contribution in [0.25, 0.3) is 0 Å². The number of aromatic nitrogens is 2. The Balaban J connectivity index is 1.91. The van der Waals surface area contributed by atoms with Crippen LogP contribution in [-0.4, -0.2) is 21.0 Å². The molecule has 3 heteroatoms. The molecule has 1 atom stereocenters. The van der Waals surface area contributed by atoms with Crippen LogP contribution in [-0.2, 0) is 13.0 Å². The van der Waals surface area contributed by atoms with Crippen LogP contribution in [0.1, 0.15) is 64.8 Å². The van der Waals surface area contributed by atoms with Gasteiger partial charge >= 0.3 is 0 Å². The topological polar surface area (TPSA) is 38.0 Å². The quantitative estimate of drug-likeness (QED) is 0.912. The van der Waals surface area contributed by atoms with Crippen LogP contribution in [0, 0.1) is 24.2 Å².